The van der Waals surface area contributed by atoms with E-state index in [0.717, 1.165) is 17.8 Å². The topological polar surface area (TPSA) is 0 Å². The quantitative estimate of drug-likeness (QED) is 0.234. The van der Waals surface area contributed by atoms with Gasteiger partial charge >= 0.3 is 0 Å². The highest BCUT2D eigenvalue weighted by Crippen LogP contribution is 2.27. The molecule has 0 saturated heterocycles. The summed E-state index contributed by atoms with van der Waals surface area (Å²) in [6.07, 6.45) is 21.8. The van der Waals surface area contributed by atoms with Crippen molar-refractivity contribution in [3.8, 4) is 0 Å². The van der Waals surface area contributed by atoms with Crippen LogP contribution < -0.4 is 0 Å². The van der Waals surface area contributed by atoms with E-state index in [1.807, 2.05) is 0 Å². The molecule has 0 heteroatoms. The summed E-state index contributed by atoms with van der Waals surface area (Å²) >= 11 is 0. The predicted molar refractivity (Wildman–Crippen MR) is 108 cm³/mol. The Hall–Kier alpha value is 0. The SMILES string of the molecule is CCCCCCC(CCCC)CC(C)CCCCCCC(C)C. The van der Waals surface area contributed by atoms with Crippen molar-refractivity contribution in [2.24, 2.45) is 17.8 Å². The van der Waals surface area contributed by atoms with Crippen molar-refractivity contribution in [1.29, 1.82) is 0 Å². The van der Waals surface area contributed by atoms with Gasteiger partial charge in [-0.2, -0.15) is 0 Å². The summed E-state index contributed by atoms with van der Waals surface area (Å²) < 4.78 is 0. The van der Waals surface area contributed by atoms with Crippen LogP contribution in [0, 0.1) is 17.8 Å². The monoisotopic (exact) mass is 324 g/mol. The first-order valence-corrected chi connectivity index (χ1v) is 11.1. The lowest BCUT2D eigenvalue weighted by Gasteiger charge is -2.21. The highest BCUT2D eigenvalue weighted by Gasteiger charge is 2.13. The van der Waals surface area contributed by atoms with Crippen LogP contribution in [0.2, 0.25) is 0 Å². The lowest BCUT2D eigenvalue weighted by molar-refractivity contribution is 0.315. The molecule has 0 radical (unpaired) electrons. The van der Waals surface area contributed by atoms with E-state index in [-0.39, 0.29) is 0 Å². The molecule has 0 spiro atoms. The van der Waals surface area contributed by atoms with Gasteiger partial charge in [0.25, 0.3) is 0 Å². The van der Waals surface area contributed by atoms with Crippen molar-refractivity contribution in [3.05, 3.63) is 0 Å². The fourth-order valence-corrected chi connectivity index (χ4v) is 3.82. The highest BCUT2D eigenvalue weighted by molar-refractivity contribution is 4.65. The first-order chi connectivity index (χ1) is 11.1. The molecule has 0 heterocycles. The summed E-state index contributed by atoms with van der Waals surface area (Å²) in [5, 5.41) is 0. The zero-order valence-corrected chi connectivity index (χ0v) is 17.3. The summed E-state index contributed by atoms with van der Waals surface area (Å²) in [6.45, 7) is 11.9. The van der Waals surface area contributed by atoms with Crippen LogP contribution >= 0.6 is 0 Å². The molecule has 0 bridgehead atoms. The molecule has 0 aromatic rings. The molecule has 2 atom stereocenters. The van der Waals surface area contributed by atoms with Crippen molar-refractivity contribution in [2.45, 2.75) is 131 Å². The fourth-order valence-electron chi connectivity index (χ4n) is 3.82. The van der Waals surface area contributed by atoms with Crippen molar-refractivity contribution >= 4 is 0 Å². The van der Waals surface area contributed by atoms with Crippen molar-refractivity contribution < 1.29 is 0 Å². The Balaban J connectivity index is 3.76. The Kier molecular flexibility index (Phi) is 16.8. The smallest absolute Gasteiger partial charge is 0.0412 e. The van der Waals surface area contributed by atoms with E-state index < -0.39 is 0 Å². The standard InChI is InChI=1S/C23H48/c1-6-8-10-15-19-23(18-9-7-2)20-22(5)17-14-12-11-13-16-21(3)4/h21-23H,6-20H2,1-5H3. The molecule has 140 valence electrons. The van der Waals surface area contributed by atoms with Gasteiger partial charge < -0.3 is 0 Å². The average Bonchev–Trinajstić information content (AvgIpc) is 2.52. The Labute approximate surface area is 149 Å². The van der Waals surface area contributed by atoms with E-state index in [1.54, 1.807) is 0 Å². The normalized spacial score (nSPS) is 14.3. The second kappa shape index (κ2) is 16.8. The maximum absolute atomic E-state index is 2.51. The Morgan fingerprint density at radius 3 is 1.65 bits per heavy atom. The summed E-state index contributed by atoms with van der Waals surface area (Å²) in [6, 6.07) is 0. The average molecular weight is 325 g/mol. The molecule has 23 heavy (non-hydrogen) atoms. The van der Waals surface area contributed by atoms with Gasteiger partial charge in [-0.05, 0) is 24.2 Å². The van der Waals surface area contributed by atoms with Gasteiger partial charge in [-0.25, -0.2) is 0 Å². The number of hydrogen-bond acceptors (Lipinski definition) is 0. The fraction of sp³-hybridized carbons (Fsp3) is 1.00. The molecule has 0 aromatic carbocycles. The van der Waals surface area contributed by atoms with Crippen LogP contribution in [0.4, 0.5) is 0 Å². The summed E-state index contributed by atoms with van der Waals surface area (Å²) in [4.78, 5) is 0. The van der Waals surface area contributed by atoms with Gasteiger partial charge in [0, 0.05) is 0 Å². The molecular formula is C23H48. The zero-order valence-electron chi connectivity index (χ0n) is 17.3. The molecule has 0 rings (SSSR count). The summed E-state index contributed by atoms with van der Waals surface area (Å²) in [5.41, 5.74) is 0. The summed E-state index contributed by atoms with van der Waals surface area (Å²) in [5.74, 6) is 2.86. The molecule has 0 aliphatic carbocycles. The number of rotatable bonds is 17. The van der Waals surface area contributed by atoms with Gasteiger partial charge in [0.15, 0.2) is 0 Å². The second-order valence-corrected chi connectivity index (χ2v) is 8.58. The molecule has 0 saturated carbocycles. The number of unbranched alkanes of at least 4 members (excludes halogenated alkanes) is 7. The minimum absolute atomic E-state index is 0.890. The Bertz CT molecular complexity index is 218. The van der Waals surface area contributed by atoms with Gasteiger partial charge in [-0.3, -0.25) is 0 Å². The molecule has 2 unspecified atom stereocenters. The maximum Gasteiger partial charge on any atom is -0.0412 e. The van der Waals surface area contributed by atoms with Gasteiger partial charge in [-0.1, -0.05) is 125 Å². The van der Waals surface area contributed by atoms with Gasteiger partial charge in [0.05, 0.1) is 0 Å². The van der Waals surface area contributed by atoms with Crippen LogP contribution in [0.3, 0.4) is 0 Å². The van der Waals surface area contributed by atoms with E-state index in [0.29, 0.717) is 0 Å². The third kappa shape index (κ3) is 16.6. The second-order valence-electron chi connectivity index (χ2n) is 8.58. The van der Waals surface area contributed by atoms with Crippen molar-refractivity contribution in [3.63, 3.8) is 0 Å². The van der Waals surface area contributed by atoms with Crippen molar-refractivity contribution in [1.82, 2.24) is 0 Å². The first kappa shape index (κ1) is 23.0. The molecule has 0 N–H and O–H groups in total. The van der Waals surface area contributed by atoms with E-state index in [1.165, 1.54) is 96.3 Å². The molecular weight excluding hydrogens is 276 g/mol. The first-order valence-electron chi connectivity index (χ1n) is 11.1. The van der Waals surface area contributed by atoms with Gasteiger partial charge in [-0.15, -0.1) is 0 Å². The summed E-state index contributed by atoms with van der Waals surface area (Å²) in [7, 11) is 0. The highest BCUT2D eigenvalue weighted by atomic mass is 14.2. The lowest BCUT2D eigenvalue weighted by atomic mass is 9.85. The zero-order chi connectivity index (χ0) is 17.3. The van der Waals surface area contributed by atoms with Crippen molar-refractivity contribution in [2.75, 3.05) is 0 Å². The third-order valence-corrected chi connectivity index (χ3v) is 5.40. The third-order valence-electron chi connectivity index (χ3n) is 5.40. The van der Waals surface area contributed by atoms with Crippen LogP contribution in [0.25, 0.3) is 0 Å². The number of hydrogen-bond donors (Lipinski definition) is 0. The maximum atomic E-state index is 2.51. The Morgan fingerprint density at radius 2 is 1.04 bits per heavy atom. The predicted octanol–water partition coefficient (Wildman–Crippen LogP) is 8.79. The van der Waals surface area contributed by atoms with Crippen LogP contribution in [-0.2, 0) is 0 Å². The van der Waals surface area contributed by atoms with E-state index in [9.17, 15) is 0 Å². The molecule has 0 nitrogen and oxygen atoms in total. The molecule has 0 fully saturated rings. The van der Waals surface area contributed by atoms with Gasteiger partial charge in [0.2, 0.25) is 0 Å². The lowest BCUT2D eigenvalue weighted by Crippen LogP contribution is -2.07. The molecule has 0 aromatic heterocycles. The molecule has 0 aliphatic heterocycles. The van der Waals surface area contributed by atoms with E-state index in [2.05, 4.69) is 34.6 Å². The molecule has 0 amide bonds. The van der Waals surface area contributed by atoms with Crippen LogP contribution in [0.1, 0.15) is 131 Å². The minimum Gasteiger partial charge on any atom is -0.0654 e. The largest absolute Gasteiger partial charge is 0.0654 e. The van der Waals surface area contributed by atoms with Gasteiger partial charge in [0.1, 0.15) is 0 Å². The minimum atomic E-state index is 0.890. The van der Waals surface area contributed by atoms with Crippen LogP contribution in [0.15, 0.2) is 0 Å². The molecule has 0 aliphatic rings. The van der Waals surface area contributed by atoms with E-state index >= 15 is 0 Å². The van der Waals surface area contributed by atoms with Crippen LogP contribution in [0.5, 0.6) is 0 Å². The van der Waals surface area contributed by atoms with E-state index in [4.69, 9.17) is 0 Å². The van der Waals surface area contributed by atoms with Crippen LogP contribution in [-0.4, -0.2) is 0 Å². The Morgan fingerprint density at radius 1 is 0.522 bits per heavy atom.